The summed E-state index contributed by atoms with van der Waals surface area (Å²) < 4.78 is 5.66. The van der Waals surface area contributed by atoms with Crippen molar-refractivity contribution in [2.24, 2.45) is 0 Å². The molecule has 1 aliphatic carbocycles. The van der Waals surface area contributed by atoms with Gasteiger partial charge < -0.3 is 15.1 Å². The van der Waals surface area contributed by atoms with Gasteiger partial charge in [0.1, 0.15) is 0 Å². The number of halogens is 1. The van der Waals surface area contributed by atoms with Gasteiger partial charge in [-0.25, -0.2) is 0 Å². The van der Waals surface area contributed by atoms with Gasteiger partial charge in [-0.3, -0.25) is 14.5 Å². The largest absolute Gasteiger partial charge is 0.444 e. The molecule has 2 heterocycles. The Morgan fingerprint density at radius 3 is 2.60 bits per heavy atom. The number of carbonyl (C=O) groups excluding carboxylic acids is 2. The summed E-state index contributed by atoms with van der Waals surface area (Å²) in [6.45, 7) is 1.95. The first-order valence-corrected chi connectivity index (χ1v) is 9.98. The van der Waals surface area contributed by atoms with Crippen LogP contribution >= 0.6 is 15.9 Å². The van der Waals surface area contributed by atoms with E-state index >= 15 is 0 Å². The van der Waals surface area contributed by atoms with Crippen molar-refractivity contribution in [1.29, 1.82) is 0 Å². The Kier molecular flexibility index (Phi) is 6.53. The van der Waals surface area contributed by atoms with Crippen LogP contribution in [0.5, 0.6) is 0 Å². The Morgan fingerprint density at radius 2 is 1.92 bits per heavy atom. The lowest BCUT2D eigenvalue weighted by atomic mass is 10.1. The number of carbonyl (C=O) groups is 2. The molecule has 138 valence electrons. The molecule has 1 unspecified atom stereocenters. The fourth-order valence-electron chi connectivity index (χ4n) is 3.82. The highest BCUT2D eigenvalue weighted by Crippen LogP contribution is 2.25. The van der Waals surface area contributed by atoms with E-state index in [9.17, 15) is 9.59 Å². The number of rotatable bonds is 5. The van der Waals surface area contributed by atoms with Gasteiger partial charge in [-0.15, -0.1) is 0 Å². The molecule has 3 rings (SSSR count). The number of likely N-dealkylation sites (tertiary alicyclic amines) is 1. The number of hydrogen-bond donors (Lipinski definition) is 2. The van der Waals surface area contributed by atoms with Crippen molar-refractivity contribution in [3.63, 3.8) is 0 Å². The molecule has 1 atom stereocenters. The van der Waals surface area contributed by atoms with Crippen LogP contribution < -0.4 is 10.6 Å². The van der Waals surface area contributed by atoms with Crippen LogP contribution in [-0.4, -0.2) is 48.4 Å². The maximum absolute atomic E-state index is 12.1. The molecule has 0 bridgehead atoms. The van der Waals surface area contributed by atoms with Crippen LogP contribution in [0.25, 0.3) is 0 Å². The van der Waals surface area contributed by atoms with E-state index in [0.29, 0.717) is 10.7 Å². The van der Waals surface area contributed by atoms with Crippen LogP contribution in [0.1, 0.15) is 55.5 Å². The van der Waals surface area contributed by atoms with Crippen molar-refractivity contribution < 1.29 is 14.0 Å². The van der Waals surface area contributed by atoms with Crippen molar-refractivity contribution in [3.05, 3.63) is 22.6 Å². The van der Waals surface area contributed by atoms with E-state index in [2.05, 4.69) is 31.5 Å². The summed E-state index contributed by atoms with van der Waals surface area (Å²) in [6.07, 6.45) is 8.93. The van der Waals surface area contributed by atoms with Gasteiger partial charge in [0.15, 0.2) is 10.4 Å². The maximum atomic E-state index is 12.1. The van der Waals surface area contributed by atoms with Crippen molar-refractivity contribution in [2.75, 3.05) is 19.6 Å². The third kappa shape index (κ3) is 5.31. The fraction of sp³-hybridized carbons (Fsp3) is 0.667. The Hall–Kier alpha value is -1.34. The SMILES string of the molecule is O=C(CNC(=O)c1ccc(Br)o1)NC1CCN(C2CCCCCC2)C1. The van der Waals surface area contributed by atoms with Crippen molar-refractivity contribution >= 4 is 27.7 Å². The first-order valence-electron chi connectivity index (χ1n) is 9.19. The summed E-state index contributed by atoms with van der Waals surface area (Å²) in [5, 5.41) is 5.63. The Morgan fingerprint density at radius 1 is 1.16 bits per heavy atom. The van der Waals surface area contributed by atoms with Gasteiger partial charge in [0, 0.05) is 25.2 Å². The summed E-state index contributed by atoms with van der Waals surface area (Å²) in [6, 6.07) is 4.08. The molecule has 25 heavy (non-hydrogen) atoms. The molecule has 1 aromatic heterocycles. The van der Waals surface area contributed by atoms with Crippen LogP contribution in [0.4, 0.5) is 0 Å². The summed E-state index contributed by atoms with van der Waals surface area (Å²) in [5.41, 5.74) is 0. The number of nitrogens with zero attached hydrogens (tertiary/aromatic N) is 1. The summed E-state index contributed by atoms with van der Waals surface area (Å²) >= 11 is 3.15. The summed E-state index contributed by atoms with van der Waals surface area (Å²) in [4.78, 5) is 26.5. The first kappa shape index (κ1) is 18.5. The van der Waals surface area contributed by atoms with Gasteiger partial charge in [0.05, 0.1) is 6.54 Å². The zero-order valence-corrected chi connectivity index (χ0v) is 16.0. The molecule has 1 aliphatic heterocycles. The molecule has 0 spiro atoms. The second-order valence-corrected chi connectivity index (χ2v) is 7.76. The zero-order valence-electron chi connectivity index (χ0n) is 14.4. The standard InChI is InChI=1S/C18H26BrN3O3/c19-16-8-7-15(25-16)18(24)20-11-17(23)21-13-9-10-22(12-13)14-5-3-1-2-4-6-14/h7-8,13-14H,1-6,9-12H2,(H,20,24)(H,21,23). The maximum Gasteiger partial charge on any atom is 0.287 e. The highest BCUT2D eigenvalue weighted by atomic mass is 79.9. The molecule has 0 radical (unpaired) electrons. The Bertz CT molecular complexity index is 596. The molecule has 7 heteroatoms. The average Bonchev–Trinajstić information content (AvgIpc) is 3.14. The summed E-state index contributed by atoms with van der Waals surface area (Å²) in [7, 11) is 0. The van der Waals surface area contributed by atoms with Crippen molar-refractivity contribution in [2.45, 2.75) is 57.0 Å². The smallest absolute Gasteiger partial charge is 0.287 e. The molecule has 2 N–H and O–H groups in total. The highest BCUT2D eigenvalue weighted by Gasteiger charge is 2.29. The van der Waals surface area contributed by atoms with Gasteiger partial charge >= 0.3 is 0 Å². The molecule has 0 aromatic carbocycles. The average molecular weight is 412 g/mol. The lowest BCUT2D eigenvalue weighted by Crippen LogP contribution is -2.44. The number of furan rings is 1. The van der Waals surface area contributed by atoms with E-state index in [0.717, 1.165) is 19.5 Å². The molecule has 2 aliphatic rings. The van der Waals surface area contributed by atoms with E-state index < -0.39 is 0 Å². The third-order valence-corrected chi connectivity index (χ3v) is 5.56. The normalized spacial score (nSPS) is 22.5. The third-order valence-electron chi connectivity index (χ3n) is 5.13. The minimum Gasteiger partial charge on any atom is -0.444 e. The number of amides is 2. The van der Waals surface area contributed by atoms with E-state index in [1.54, 1.807) is 12.1 Å². The van der Waals surface area contributed by atoms with Gasteiger partial charge in [-0.2, -0.15) is 0 Å². The number of hydrogen-bond acceptors (Lipinski definition) is 4. The van der Waals surface area contributed by atoms with Crippen molar-refractivity contribution in [3.8, 4) is 0 Å². The van der Waals surface area contributed by atoms with Gasteiger partial charge in [0.2, 0.25) is 5.91 Å². The molecule has 6 nitrogen and oxygen atoms in total. The topological polar surface area (TPSA) is 74.6 Å². The lowest BCUT2D eigenvalue weighted by molar-refractivity contribution is -0.120. The van der Waals surface area contributed by atoms with Crippen LogP contribution in [0.3, 0.4) is 0 Å². The van der Waals surface area contributed by atoms with E-state index in [-0.39, 0.29) is 30.2 Å². The number of nitrogens with one attached hydrogen (secondary N) is 2. The molecule has 1 saturated carbocycles. The van der Waals surface area contributed by atoms with Gasteiger partial charge in [-0.1, -0.05) is 25.7 Å². The monoisotopic (exact) mass is 411 g/mol. The first-order chi connectivity index (χ1) is 12.1. The van der Waals surface area contributed by atoms with E-state index in [1.807, 2.05) is 0 Å². The highest BCUT2D eigenvalue weighted by molar-refractivity contribution is 9.10. The van der Waals surface area contributed by atoms with E-state index in [1.165, 1.54) is 38.5 Å². The van der Waals surface area contributed by atoms with Crippen LogP contribution in [0, 0.1) is 0 Å². The second-order valence-electron chi connectivity index (χ2n) is 6.98. The molecule has 1 aromatic rings. The predicted molar refractivity (Wildman–Crippen MR) is 98.4 cm³/mol. The predicted octanol–water partition coefficient (Wildman–Crippen LogP) is 2.69. The lowest BCUT2D eigenvalue weighted by Gasteiger charge is -2.26. The Balaban J connectivity index is 1.39. The quantitative estimate of drug-likeness (QED) is 0.730. The molecular weight excluding hydrogens is 386 g/mol. The zero-order chi connectivity index (χ0) is 17.6. The van der Waals surface area contributed by atoms with Crippen LogP contribution in [-0.2, 0) is 4.79 Å². The Labute approximate surface area is 156 Å². The van der Waals surface area contributed by atoms with Crippen LogP contribution in [0.2, 0.25) is 0 Å². The minimum atomic E-state index is -0.382. The second kappa shape index (κ2) is 8.85. The van der Waals surface area contributed by atoms with Crippen LogP contribution in [0.15, 0.2) is 21.2 Å². The minimum absolute atomic E-state index is 0.0307. The molecular formula is C18H26BrN3O3. The van der Waals surface area contributed by atoms with E-state index in [4.69, 9.17) is 4.42 Å². The molecule has 1 saturated heterocycles. The van der Waals surface area contributed by atoms with Gasteiger partial charge in [0.25, 0.3) is 5.91 Å². The fourth-order valence-corrected chi connectivity index (χ4v) is 4.13. The molecule has 2 fully saturated rings. The van der Waals surface area contributed by atoms with Gasteiger partial charge in [-0.05, 0) is 47.3 Å². The van der Waals surface area contributed by atoms with Crippen molar-refractivity contribution in [1.82, 2.24) is 15.5 Å². The molecule has 2 amide bonds. The summed E-state index contributed by atoms with van der Waals surface area (Å²) in [5.74, 6) is -0.334.